The van der Waals surface area contributed by atoms with Crippen LogP contribution in [0.25, 0.3) is 0 Å². The highest BCUT2D eigenvalue weighted by molar-refractivity contribution is 6.29. The standard InChI is InChI=1S/C9H6ClN5O3/c10-6-3-11-4-7(13-6)14-9(16)5-1-2-8(12-5)15(17)18/h1-4,12H,(H,13,14,16). The van der Waals surface area contributed by atoms with Crippen molar-refractivity contribution in [1.82, 2.24) is 15.0 Å². The first-order valence-electron chi connectivity index (χ1n) is 4.68. The van der Waals surface area contributed by atoms with Crippen molar-refractivity contribution in [3.63, 3.8) is 0 Å². The fourth-order valence-corrected chi connectivity index (χ4v) is 1.36. The third kappa shape index (κ3) is 2.61. The number of hydrogen-bond acceptors (Lipinski definition) is 5. The van der Waals surface area contributed by atoms with Crippen molar-refractivity contribution in [2.75, 3.05) is 5.32 Å². The zero-order chi connectivity index (χ0) is 13.1. The molecule has 0 saturated heterocycles. The lowest BCUT2D eigenvalue weighted by atomic mass is 10.4. The molecule has 0 aliphatic rings. The summed E-state index contributed by atoms with van der Waals surface area (Å²) in [6.45, 7) is 0. The molecule has 18 heavy (non-hydrogen) atoms. The van der Waals surface area contributed by atoms with E-state index in [0.717, 1.165) is 0 Å². The van der Waals surface area contributed by atoms with Crippen LogP contribution >= 0.6 is 11.6 Å². The third-order valence-corrected chi connectivity index (χ3v) is 2.14. The number of anilines is 1. The number of amides is 1. The van der Waals surface area contributed by atoms with Gasteiger partial charge in [0.2, 0.25) is 0 Å². The van der Waals surface area contributed by atoms with Gasteiger partial charge in [-0.1, -0.05) is 11.6 Å². The molecule has 0 unspecified atom stereocenters. The Balaban J connectivity index is 2.14. The first kappa shape index (κ1) is 12.0. The molecule has 1 amide bonds. The normalized spacial score (nSPS) is 10.1. The van der Waals surface area contributed by atoms with E-state index in [2.05, 4.69) is 20.3 Å². The number of nitro groups is 1. The van der Waals surface area contributed by atoms with E-state index in [0.29, 0.717) is 0 Å². The molecule has 9 heteroatoms. The second-order valence-electron chi connectivity index (χ2n) is 3.20. The minimum absolute atomic E-state index is 0.0449. The molecule has 2 aromatic rings. The molecule has 0 fully saturated rings. The molecular weight excluding hydrogens is 262 g/mol. The van der Waals surface area contributed by atoms with Crippen molar-refractivity contribution in [2.24, 2.45) is 0 Å². The van der Waals surface area contributed by atoms with Crippen LogP contribution in [0.2, 0.25) is 5.15 Å². The van der Waals surface area contributed by atoms with Crippen LogP contribution in [0.5, 0.6) is 0 Å². The molecule has 0 bridgehead atoms. The molecule has 2 N–H and O–H groups in total. The van der Waals surface area contributed by atoms with Crippen LogP contribution in [0.1, 0.15) is 10.5 Å². The monoisotopic (exact) mass is 267 g/mol. The molecule has 0 saturated carbocycles. The van der Waals surface area contributed by atoms with Gasteiger partial charge in [-0.3, -0.25) is 9.78 Å². The summed E-state index contributed by atoms with van der Waals surface area (Å²) in [6.07, 6.45) is 2.62. The summed E-state index contributed by atoms with van der Waals surface area (Å²) in [5.74, 6) is -0.679. The molecule has 0 spiro atoms. The zero-order valence-corrected chi connectivity index (χ0v) is 9.51. The average Bonchev–Trinajstić information content (AvgIpc) is 2.78. The van der Waals surface area contributed by atoms with E-state index < -0.39 is 10.8 Å². The van der Waals surface area contributed by atoms with Crippen molar-refractivity contribution < 1.29 is 9.72 Å². The Kier molecular flexibility index (Phi) is 3.20. The SMILES string of the molecule is O=C(Nc1cncc(Cl)n1)c1ccc([N+](=O)[O-])[nH]1. The predicted molar refractivity (Wildman–Crippen MR) is 62.4 cm³/mol. The van der Waals surface area contributed by atoms with Crippen LogP contribution in [0, 0.1) is 10.1 Å². The second kappa shape index (κ2) is 4.80. The van der Waals surface area contributed by atoms with Crippen molar-refractivity contribution in [3.8, 4) is 0 Å². The number of aromatic nitrogens is 3. The van der Waals surface area contributed by atoms with Crippen molar-refractivity contribution >= 4 is 29.1 Å². The highest BCUT2D eigenvalue weighted by Gasteiger charge is 2.15. The van der Waals surface area contributed by atoms with Gasteiger partial charge in [0.1, 0.15) is 5.15 Å². The van der Waals surface area contributed by atoms with Crippen molar-refractivity contribution in [3.05, 3.63) is 45.5 Å². The highest BCUT2D eigenvalue weighted by atomic mass is 35.5. The van der Waals surface area contributed by atoms with E-state index in [1.54, 1.807) is 0 Å². The van der Waals surface area contributed by atoms with E-state index in [1.165, 1.54) is 24.5 Å². The number of hydrogen-bond donors (Lipinski definition) is 2. The van der Waals surface area contributed by atoms with E-state index >= 15 is 0 Å². The number of carbonyl (C=O) groups is 1. The number of rotatable bonds is 3. The quantitative estimate of drug-likeness (QED) is 0.648. The predicted octanol–water partition coefficient (Wildman–Crippen LogP) is 1.62. The van der Waals surface area contributed by atoms with Gasteiger partial charge in [-0.2, -0.15) is 0 Å². The summed E-state index contributed by atoms with van der Waals surface area (Å²) in [4.78, 5) is 31.4. The summed E-state index contributed by atoms with van der Waals surface area (Å²) in [5, 5.41) is 13.0. The molecular formula is C9H6ClN5O3. The number of halogens is 1. The lowest BCUT2D eigenvalue weighted by Gasteiger charge is -2.00. The van der Waals surface area contributed by atoms with Gasteiger partial charge in [-0.05, 0) is 11.0 Å². The Morgan fingerprint density at radius 3 is 2.83 bits per heavy atom. The van der Waals surface area contributed by atoms with Crippen molar-refractivity contribution in [1.29, 1.82) is 0 Å². The molecule has 0 aliphatic heterocycles. The first-order chi connectivity index (χ1) is 8.56. The van der Waals surface area contributed by atoms with Crippen LogP contribution < -0.4 is 5.32 Å². The topological polar surface area (TPSA) is 114 Å². The molecule has 2 heterocycles. The number of nitrogens with zero attached hydrogens (tertiary/aromatic N) is 3. The van der Waals surface area contributed by atoms with Crippen LogP contribution in [-0.4, -0.2) is 25.8 Å². The molecule has 8 nitrogen and oxygen atoms in total. The van der Waals surface area contributed by atoms with Gasteiger partial charge < -0.3 is 15.4 Å². The number of aromatic amines is 1. The number of H-pyrrole nitrogens is 1. The van der Waals surface area contributed by atoms with Gasteiger partial charge in [0, 0.05) is 6.07 Å². The Labute approximate surface area is 105 Å². The average molecular weight is 268 g/mol. The van der Waals surface area contributed by atoms with Gasteiger partial charge >= 0.3 is 5.82 Å². The molecule has 92 valence electrons. The van der Waals surface area contributed by atoms with Gasteiger partial charge in [-0.25, -0.2) is 9.97 Å². The minimum atomic E-state index is -0.629. The fraction of sp³-hybridized carbons (Fsp3) is 0. The fourth-order valence-electron chi connectivity index (χ4n) is 1.21. The van der Waals surface area contributed by atoms with Gasteiger partial charge in [0.15, 0.2) is 11.5 Å². The molecule has 2 rings (SSSR count). The van der Waals surface area contributed by atoms with E-state index in [9.17, 15) is 14.9 Å². The minimum Gasteiger partial charge on any atom is -0.358 e. The number of carbonyl (C=O) groups excluding carboxylic acids is 1. The molecule has 2 aromatic heterocycles. The number of nitrogens with one attached hydrogen (secondary N) is 2. The van der Waals surface area contributed by atoms with Gasteiger partial charge in [0.05, 0.1) is 12.4 Å². The van der Waals surface area contributed by atoms with Crippen molar-refractivity contribution in [2.45, 2.75) is 0 Å². The molecule has 0 radical (unpaired) electrons. The smallest absolute Gasteiger partial charge is 0.321 e. The zero-order valence-electron chi connectivity index (χ0n) is 8.75. The maximum Gasteiger partial charge on any atom is 0.321 e. The summed E-state index contributed by atoms with van der Waals surface area (Å²) in [7, 11) is 0. The Morgan fingerprint density at radius 2 is 2.22 bits per heavy atom. The maximum absolute atomic E-state index is 11.7. The van der Waals surface area contributed by atoms with Gasteiger partial charge in [0.25, 0.3) is 5.91 Å². The van der Waals surface area contributed by atoms with Gasteiger partial charge in [-0.15, -0.1) is 0 Å². The summed E-state index contributed by atoms with van der Waals surface area (Å²) in [6, 6.07) is 2.49. The summed E-state index contributed by atoms with van der Waals surface area (Å²) >= 11 is 5.60. The largest absolute Gasteiger partial charge is 0.358 e. The van der Waals surface area contributed by atoms with E-state index in [1.807, 2.05) is 0 Å². The van der Waals surface area contributed by atoms with E-state index in [4.69, 9.17) is 11.6 Å². The second-order valence-corrected chi connectivity index (χ2v) is 3.58. The Bertz CT molecular complexity index is 612. The molecule has 0 atom stereocenters. The van der Waals surface area contributed by atoms with E-state index in [-0.39, 0.29) is 22.5 Å². The van der Waals surface area contributed by atoms with Crippen LogP contribution in [0.3, 0.4) is 0 Å². The molecule has 0 aliphatic carbocycles. The van der Waals surface area contributed by atoms with Crippen LogP contribution in [-0.2, 0) is 0 Å². The Morgan fingerprint density at radius 1 is 1.44 bits per heavy atom. The third-order valence-electron chi connectivity index (χ3n) is 1.96. The highest BCUT2D eigenvalue weighted by Crippen LogP contribution is 2.12. The molecule has 0 aromatic carbocycles. The maximum atomic E-state index is 11.7. The summed E-state index contributed by atoms with van der Waals surface area (Å²) in [5.41, 5.74) is 0.0449. The summed E-state index contributed by atoms with van der Waals surface area (Å²) < 4.78 is 0. The lowest BCUT2D eigenvalue weighted by molar-refractivity contribution is -0.389. The first-order valence-corrected chi connectivity index (χ1v) is 5.06. The van der Waals surface area contributed by atoms with Crippen LogP contribution in [0.4, 0.5) is 11.6 Å². The lowest BCUT2D eigenvalue weighted by Crippen LogP contribution is -2.13. The van der Waals surface area contributed by atoms with Crippen LogP contribution in [0.15, 0.2) is 24.5 Å². The Hall–Kier alpha value is -2.48.